The number of carbonyl (C=O) groups is 2. The van der Waals surface area contributed by atoms with Crippen LogP contribution in [0.4, 0.5) is 22.7 Å². The smallest absolute Gasteiger partial charge is 0.338 e. The summed E-state index contributed by atoms with van der Waals surface area (Å²) in [5.74, 6) is -0.589. The van der Waals surface area contributed by atoms with Crippen LogP contribution in [0.3, 0.4) is 0 Å². The van der Waals surface area contributed by atoms with Gasteiger partial charge in [0.1, 0.15) is 0 Å². The van der Waals surface area contributed by atoms with Gasteiger partial charge in [0.05, 0.1) is 24.3 Å². The second kappa shape index (κ2) is 13.0. The predicted octanol–water partition coefficient (Wildman–Crippen LogP) is 7.09. The molecule has 0 aliphatic rings. The lowest BCUT2D eigenvalue weighted by molar-refractivity contribution is 0.0490. The summed E-state index contributed by atoms with van der Waals surface area (Å²) in [6.07, 6.45) is 3.73. The Bertz CT molecular complexity index is 959. The molecule has 0 atom stereocenters. The van der Waals surface area contributed by atoms with Crippen molar-refractivity contribution in [3.63, 3.8) is 0 Å². The number of hydrogen-bond acceptors (Lipinski definition) is 6. The highest BCUT2D eigenvalue weighted by Gasteiger charge is 2.08. The van der Waals surface area contributed by atoms with E-state index in [2.05, 4.69) is 24.5 Å². The van der Waals surface area contributed by atoms with Crippen molar-refractivity contribution in [2.24, 2.45) is 0 Å². The first-order chi connectivity index (χ1) is 16.6. The van der Waals surface area contributed by atoms with Gasteiger partial charge in [-0.25, -0.2) is 9.59 Å². The van der Waals surface area contributed by atoms with Crippen molar-refractivity contribution in [1.82, 2.24) is 0 Å². The van der Waals surface area contributed by atoms with Gasteiger partial charge in [0, 0.05) is 22.7 Å². The number of benzene rings is 3. The Kier molecular flexibility index (Phi) is 9.52. The van der Waals surface area contributed by atoms with Gasteiger partial charge < -0.3 is 20.1 Å². The van der Waals surface area contributed by atoms with Crippen LogP contribution in [-0.2, 0) is 9.47 Å². The molecule has 0 unspecified atom stereocenters. The Hall–Kier alpha value is -3.80. The topological polar surface area (TPSA) is 76.7 Å². The first-order valence-electron chi connectivity index (χ1n) is 11.8. The van der Waals surface area contributed by atoms with Crippen LogP contribution in [0, 0.1) is 0 Å². The van der Waals surface area contributed by atoms with Gasteiger partial charge in [0.2, 0.25) is 0 Å². The highest BCUT2D eigenvalue weighted by atomic mass is 16.5. The molecule has 178 valence electrons. The van der Waals surface area contributed by atoms with Gasteiger partial charge in [-0.3, -0.25) is 0 Å². The molecule has 0 radical (unpaired) electrons. The van der Waals surface area contributed by atoms with Gasteiger partial charge in [0.15, 0.2) is 0 Å². The van der Waals surface area contributed by atoms with E-state index in [0.717, 1.165) is 48.4 Å². The number of carbonyl (C=O) groups excluding carboxylic acids is 2. The molecule has 0 aromatic heterocycles. The van der Waals surface area contributed by atoms with E-state index in [9.17, 15) is 9.59 Å². The molecule has 3 aromatic carbocycles. The molecule has 0 heterocycles. The highest BCUT2D eigenvalue weighted by Crippen LogP contribution is 2.22. The summed E-state index contributed by atoms with van der Waals surface area (Å²) in [5, 5.41) is 6.65. The quantitative estimate of drug-likeness (QED) is 0.222. The van der Waals surface area contributed by atoms with Crippen LogP contribution in [0.1, 0.15) is 60.2 Å². The van der Waals surface area contributed by atoms with Crippen LogP contribution in [0.25, 0.3) is 0 Å². The second-order valence-corrected chi connectivity index (χ2v) is 7.96. The SMILES string of the molecule is CCCCOC(=O)c1ccc(Nc2ccc(Nc3ccc(C(=O)OCCCC)cc3)cc2)cc1. The molecule has 0 saturated heterocycles. The van der Waals surface area contributed by atoms with Gasteiger partial charge >= 0.3 is 11.9 Å². The van der Waals surface area contributed by atoms with Crippen molar-refractivity contribution in [2.75, 3.05) is 23.8 Å². The third kappa shape index (κ3) is 7.66. The molecule has 0 fully saturated rings. The standard InChI is InChI=1S/C28H32N2O4/c1-3-5-19-33-27(31)21-7-11-23(12-8-21)29-25-15-17-26(18-16-25)30-24-13-9-22(10-14-24)28(32)34-20-6-4-2/h7-18,29-30H,3-6,19-20H2,1-2H3. The molecule has 0 aliphatic carbocycles. The van der Waals surface area contributed by atoms with E-state index < -0.39 is 0 Å². The lowest BCUT2D eigenvalue weighted by Gasteiger charge is -2.11. The number of hydrogen-bond donors (Lipinski definition) is 2. The highest BCUT2D eigenvalue weighted by molar-refractivity contribution is 5.90. The van der Waals surface area contributed by atoms with E-state index in [1.807, 2.05) is 48.5 Å². The molecular weight excluding hydrogens is 428 g/mol. The summed E-state index contributed by atoms with van der Waals surface area (Å²) in [4.78, 5) is 24.0. The molecule has 0 bridgehead atoms. The van der Waals surface area contributed by atoms with Crippen LogP contribution in [0.5, 0.6) is 0 Å². The second-order valence-electron chi connectivity index (χ2n) is 7.96. The molecule has 3 aromatic rings. The average Bonchev–Trinajstić information content (AvgIpc) is 2.86. The van der Waals surface area contributed by atoms with Gasteiger partial charge in [-0.1, -0.05) is 26.7 Å². The first kappa shape index (κ1) is 24.8. The van der Waals surface area contributed by atoms with Gasteiger partial charge in [-0.05, 0) is 85.6 Å². The monoisotopic (exact) mass is 460 g/mol. The largest absolute Gasteiger partial charge is 0.462 e. The Morgan fingerprint density at radius 3 is 1.15 bits per heavy atom. The summed E-state index contributed by atoms with van der Waals surface area (Å²) >= 11 is 0. The zero-order chi connectivity index (χ0) is 24.2. The third-order valence-corrected chi connectivity index (χ3v) is 5.17. The summed E-state index contributed by atoms with van der Waals surface area (Å²) < 4.78 is 10.5. The summed E-state index contributed by atoms with van der Waals surface area (Å²) in [6.45, 7) is 5.02. The van der Waals surface area contributed by atoms with E-state index in [1.165, 1.54) is 0 Å². The van der Waals surface area contributed by atoms with E-state index in [0.29, 0.717) is 24.3 Å². The number of esters is 2. The minimum atomic E-state index is -0.295. The van der Waals surface area contributed by atoms with Crippen LogP contribution >= 0.6 is 0 Å². The van der Waals surface area contributed by atoms with Crippen LogP contribution < -0.4 is 10.6 Å². The zero-order valence-electron chi connectivity index (χ0n) is 19.8. The molecule has 0 saturated carbocycles. The fourth-order valence-corrected chi connectivity index (χ4v) is 3.13. The minimum Gasteiger partial charge on any atom is -0.462 e. The molecule has 0 aliphatic heterocycles. The van der Waals surface area contributed by atoms with Crippen molar-refractivity contribution >= 4 is 34.7 Å². The normalized spacial score (nSPS) is 10.4. The van der Waals surface area contributed by atoms with E-state index in [-0.39, 0.29) is 11.9 Å². The average molecular weight is 461 g/mol. The van der Waals surface area contributed by atoms with E-state index in [1.54, 1.807) is 24.3 Å². The molecule has 0 amide bonds. The fourth-order valence-electron chi connectivity index (χ4n) is 3.13. The van der Waals surface area contributed by atoms with Crippen LogP contribution in [0.2, 0.25) is 0 Å². The van der Waals surface area contributed by atoms with E-state index >= 15 is 0 Å². The Labute approximate surface area is 201 Å². The maximum Gasteiger partial charge on any atom is 0.338 e. The van der Waals surface area contributed by atoms with Gasteiger partial charge in [0.25, 0.3) is 0 Å². The Balaban J connectivity index is 1.51. The fraction of sp³-hybridized carbons (Fsp3) is 0.286. The molecular formula is C28H32N2O4. The third-order valence-electron chi connectivity index (χ3n) is 5.17. The van der Waals surface area contributed by atoms with Crippen molar-refractivity contribution in [1.29, 1.82) is 0 Å². The number of nitrogens with one attached hydrogen (secondary N) is 2. The molecule has 6 nitrogen and oxygen atoms in total. The number of unbranched alkanes of at least 4 members (excludes halogenated alkanes) is 2. The van der Waals surface area contributed by atoms with E-state index in [4.69, 9.17) is 9.47 Å². The summed E-state index contributed by atoms with van der Waals surface area (Å²) in [6, 6.07) is 22.3. The minimum absolute atomic E-state index is 0.295. The molecule has 2 N–H and O–H groups in total. The maximum absolute atomic E-state index is 12.0. The number of anilines is 4. The summed E-state index contributed by atoms with van der Waals surface area (Å²) in [7, 11) is 0. The van der Waals surface area contributed by atoms with Crippen LogP contribution in [-0.4, -0.2) is 25.2 Å². The van der Waals surface area contributed by atoms with Crippen molar-refractivity contribution in [2.45, 2.75) is 39.5 Å². The lowest BCUT2D eigenvalue weighted by atomic mass is 10.2. The zero-order valence-corrected chi connectivity index (χ0v) is 19.8. The Morgan fingerprint density at radius 1 is 0.559 bits per heavy atom. The van der Waals surface area contributed by atoms with Gasteiger partial charge in [-0.2, -0.15) is 0 Å². The molecule has 34 heavy (non-hydrogen) atoms. The predicted molar refractivity (Wildman–Crippen MR) is 136 cm³/mol. The maximum atomic E-state index is 12.0. The Morgan fingerprint density at radius 2 is 0.853 bits per heavy atom. The van der Waals surface area contributed by atoms with Gasteiger partial charge in [-0.15, -0.1) is 0 Å². The lowest BCUT2D eigenvalue weighted by Crippen LogP contribution is -2.06. The molecule has 6 heteroatoms. The molecule has 3 rings (SSSR count). The van der Waals surface area contributed by atoms with Crippen molar-refractivity contribution in [3.05, 3.63) is 83.9 Å². The van der Waals surface area contributed by atoms with Crippen LogP contribution in [0.15, 0.2) is 72.8 Å². The summed E-state index contributed by atoms with van der Waals surface area (Å²) in [5.41, 5.74) is 4.70. The number of rotatable bonds is 12. The van der Waals surface area contributed by atoms with Crippen molar-refractivity contribution < 1.29 is 19.1 Å². The first-order valence-corrected chi connectivity index (χ1v) is 11.8. The number of ether oxygens (including phenoxy) is 2. The van der Waals surface area contributed by atoms with Crippen molar-refractivity contribution in [3.8, 4) is 0 Å². The molecule has 0 spiro atoms.